The van der Waals surface area contributed by atoms with Gasteiger partial charge < -0.3 is 21.1 Å². The van der Waals surface area contributed by atoms with Crippen molar-refractivity contribution < 1.29 is 20.1 Å². The van der Waals surface area contributed by atoms with Crippen LogP contribution in [0.4, 0.5) is 0 Å². The van der Waals surface area contributed by atoms with E-state index in [9.17, 15) is 15.0 Å². The standard InChI is InChI=1S/C10H13NO4.BrH/c1-5-2-8(12)9(13)4-6(5)3-7(11)10(14)15;/h2,4,7,12-13H,3,11H2,1H3,(H,14,15);1H. The number of hydrogen-bond acceptors (Lipinski definition) is 4. The second-order valence-electron chi connectivity index (χ2n) is 3.42. The number of carbonyl (C=O) groups is 1. The average molecular weight is 292 g/mol. The minimum atomic E-state index is -1.10. The summed E-state index contributed by atoms with van der Waals surface area (Å²) in [5.41, 5.74) is 6.67. The summed E-state index contributed by atoms with van der Waals surface area (Å²) in [5.74, 6) is -1.59. The third-order valence-corrected chi connectivity index (χ3v) is 2.19. The first-order valence-electron chi connectivity index (χ1n) is 4.41. The van der Waals surface area contributed by atoms with Gasteiger partial charge in [0, 0.05) is 0 Å². The first-order chi connectivity index (χ1) is 6.91. The summed E-state index contributed by atoms with van der Waals surface area (Å²) in [5, 5.41) is 27.0. The number of carboxylic acid groups (broad SMARTS) is 1. The van der Waals surface area contributed by atoms with E-state index in [1.54, 1.807) is 6.92 Å². The molecule has 5 nitrogen and oxygen atoms in total. The molecule has 0 aromatic heterocycles. The number of phenols is 2. The minimum Gasteiger partial charge on any atom is -0.504 e. The number of aryl methyl sites for hydroxylation is 1. The molecule has 0 aliphatic heterocycles. The van der Waals surface area contributed by atoms with Crippen LogP contribution in [-0.4, -0.2) is 27.3 Å². The highest BCUT2D eigenvalue weighted by atomic mass is 79.9. The summed E-state index contributed by atoms with van der Waals surface area (Å²) in [6, 6.07) is 1.69. The van der Waals surface area contributed by atoms with E-state index in [1.807, 2.05) is 0 Å². The molecule has 1 aromatic carbocycles. The van der Waals surface area contributed by atoms with Crippen molar-refractivity contribution in [2.24, 2.45) is 5.73 Å². The van der Waals surface area contributed by atoms with E-state index in [0.717, 1.165) is 0 Å². The van der Waals surface area contributed by atoms with E-state index < -0.39 is 12.0 Å². The Morgan fingerprint density at radius 1 is 1.38 bits per heavy atom. The van der Waals surface area contributed by atoms with Gasteiger partial charge in [0.1, 0.15) is 6.04 Å². The van der Waals surface area contributed by atoms with Crippen molar-refractivity contribution in [1.29, 1.82) is 0 Å². The third-order valence-electron chi connectivity index (χ3n) is 2.19. The minimum absolute atomic E-state index is 0. The number of hydrogen-bond donors (Lipinski definition) is 4. The van der Waals surface area contributed by atoms with Gasteiger partial charge in [-0.2, -0.15) is 0 Å². The van der Waals surface area contributed by atoms with Crippen LogP contribution in [0.25, 0.3) is 0 Å². The number of carboxylic acids is 1. The molecular formula is C10H14BrNO4. The lowest BCUT2D eigenvalue weighted by Gasteiger charge is -2.10. The van der Waals surface area contributed by atoms with Crippen molar-refractivity contribution in [3.63, 3.8) is 0 Å². The Kier molecular flexibility index (Phi) is 5.26. The van der Waals surface area contributed by atoms with E-state index in [1.165, 1.54) is 12.1 Å². The molecule has 0 fully saturated rings. The fraction of sp³-hybridized carbons (Fsp3) is 0.300. The van der Waals surface area contributed by atoms with Gasteiger partial charge >= 0.3 is 5.97 Å². The quantitative estimate of drug-likeness (QED) is 0.621. The molecule has 16 heavy (non-hydrogen) atoms. The van der Waals surface area contributed by atoms with Crippen LogP contribution in [0.5, 0.6) is 11.5 Å². The summed E-state index contributed by atoms with van der Waals surface area (Å²) in [6.45, 7) is 1.71. The maximum absolute atomic E-state index is 10.5. The average Bonchev–Trinajstić information content (AvgIpc) is 2.13. The Balaban J connectivity index is 0.00000225. The predicted octanol–water partition coefficient (Wildman–Crippen LogP) is 0.939. The van der Waals surface area contributed by atoms with Gasteiger partial charge in [-0.15, -0.1) is 17.0 Å². The van der Waals surface area contributed by atoms with Gasteiger partial charge in [0.15, 0.2) is 11.5 Å². The Morgan fingerprint density at radius 2 is 1.88 bits per heavy atom. The van der Waals surface area contributed by atoms with E-state index in [2.05, 4.69) is 0 Å². The van der Waals surface area contributed by atoms with Crippen LogP contribution in [0.15, 0.2) is 12.1 Å². The van der Waals surface area contributed by atoms with Crippen LogP contribution < -0.4 is 5.73 Å². The van der Waals surface area contributed by atoms with Crippen molar-refractivity contribution in [1.82, 2.24) is 0 Å². The summed E-state index contributed by atoms with van der Waals surface area (Å²) in [6.07, 6.45) is 0.120. The number of benzene rings is 1. The summed E-state index contributed by atoms with van der Waals surface area (Å²) in [7, 11) is 0. The van der Waals surface area contributed by atoms with Gasteiger partial charge in [0.2, 0.25) is 0 Å². The Morgan fingerprint density at radius 3 is 2.38 bits per heavy atom. The number of halogens is 1. The predicted molar refractivity (Wildman–Crippen MR) is 64.1 cm³/mol. The first-order valence-corrected chi connectivity index (χ1v) is 4.41. The molecule has 0 bridgehead atoms. The molecule has 5 N–H and O–H groups in total. The molecule has 1 atom stereocenters. The molecule has 90 valence electrons. The Hall–Kier alpha value is -1.27. The van der Waals surface area contributed by atoms with Crippen LogP contribution in [0.1, 0.15) is 11.1 Å². The highest BCUT2D eigenvalue weighted by Crippen LogP contribution is 2.28. The smallest absolute Gasteiger partial charge is 0.320 e. The van der Waals surface area contributed by atoms with E-state index in [-0.39, 0.29) is 34.9 Å². The van der Waals surface area contributed by atoms with Gasteiger partial charge in [-0.1, -0.05) is 0 Å². The second-order valence-corrected chi connectivity index (χ2v) is 3.42. The van der Waals surface area contributed by atoms with Crippen molar-refractivity contribution in [2.75, 3.05) is 0 Å². The van der Waals surface area contributed by atoms with Gasteiger partial charge in [-0.05, 0) is 36.6 Å². The lowest BCUT2D eigenvalue weighted by molar-refractivity contribution is -0.138. The summed E-state index contributed by atoms with van der Waals surface area (Å²) in [4.78, 5) is 10.5. The molecule has 6 heteroatoms. The second kappa shape index (κ2) is 5.72. The third kappa shape index (κ3) is 3.39. The van der Waals surface area contributed by atoms with Crippen LogP contribution in [0.3, 0.4) is 0 Å². The highest BCUT2D eigenvalue weighted by molar-refractivity contribution is 8.93. The summed E-state index contributed by atoms with van der Waals surface area (Å²) >= 11 is 0. The van der Waals surface area contributed by atoms with Crippen molar-refractivity contribution in [2.45, 2.75) is 19.4 Å². The van der Waals surface area contributed by atoms with E-state index in [0.29, 0.717) is 11.1 Å². The molecule has 0 radical (unpaired) electrons. The summed E-state index contributed by atoms with van der Waals surface area (Å²) < 4.78 is 0. The zero-order valence-corrected chi connectivity index (χ0v) is 10.4. The van der Waals surface area contributed by atoms with Crippen molar-refractivity contribution in [3.8, 4) is 11.5 Å². The molecule has 0 aliphatic rings. The van der Waals surface area contributed by atoms with Gasteiger partial charge in [-0.25, -0.2) is 0 Å². The number of phenolic OH excluding ortho intramolecular Hbond substituents is 2. The molecule has 0 spiro atoms. The van der Waals surface area contributed by atoms with Gasteiger partial charge in [0.05, 0.1) is 0 Å². The fourth-order valence-electron chi connectivity index (χ4n) is 1.27. The molecule has 0 aliphatic carbocycles. The number of nitrogens with two attached hydrogens (primary N) is 1. The monoisotopic (exact) mass is 291 g/mol. The number of aromatic hydroxyl groups is 2. The molecular weight excluding hydrogens is 278 g/mol. The topological polar surface area (TPSA) is 104 Å². The molecule has 1 rings (SSSR count). The van der Waals surface area contributed by atoms with Gasteiger partial charge in [0.25, 0.3) is 0 Å². The van der Waals surface area contributed by atoms with Crippen molar-refractivity contribution in [3.05, 3.63) is 23.3 Å². The molecule has 0 amide bonds. The van der Waals surface area contributed by atoms with Crippen molar-refractivity contribution >= 4 is 23.0 Å². The lowest BCUT2D eigenvalue weighted by Crippen LogP contribution is -2.32. The molecule has 0 saturated carbocycles. The van der Waals surface area contributed by atoms with Crippen LogP contribution in [-0.2, 0) is 11.2 Å². The zero-order valence-electron chi connectivity index (χ0n) is 8.67. The fourth-order valence-corrected chi connectivity index (χ4v) is 1.27. The molecule has 1 aromatic rings. The lowest BCUT2D eigenvalue weighted by atomic mass is 10.0. The van der Waals surface area contributed by atoms with Gasteiger partial charge in [-0.3, -0.25) is 4.79 Å². The number of rotatable bonds is 3. The Labute approximate surface area is 103 Å². The first kappa shape index (κ1) is 14.7. The van der Waals surface area contributed by atoms with E-state index >= 15 is 0 Å². The Bertz CT molecular complexity index is 395. The number of aliphatic carboxylic acids is 1. The maximum atomic E-state index is 10.5. The zero-order chi connectivity index (χ0) is 11.6. The maximum Gasteiger partial charge on any atom is 0.320 e. The van der Waals surface area contributed by atoms with E-state index in [4.69, 9.17) is 10.8 Å². The highest BCUT2D eigenvalue weighted by Gasteiger charge is 2.14. The van der Waals surface area contributed by atoms with Crippen LogP contribution >= 0.6 is 17.0 Å². The SMILES string of the molecule is Br.Cc1cc(O)c(O)cc1CC(N)C(=O)O. The molecule has 1 unspecified atom stereocenters. The normalized spacial score (nSPS) is 11.6. The molecule has 0 saturated heterocycles. The van der Waals surface area contributed by atoms with Crippen LogP contribution in [0.2, 0.25) is 0 Å². The van der Waals surface area contributed by atoms with Crippen LogP contribution in [0, 0.1) is 6.92 Å². The largest absolute Gasteiger partial charge is 0.504 e. The molecule has 0 heterocycles.